The molecule has 0 bridgehead atoms. The minimum absolute atomic E-state index is 0.501. The van der Waals surface area contributed by atoms with Crippen molar-refractivity contribution in [2.45, 2.75) is 13.5 Å². The lowest BCUT2D eigenvalue weighted by molar-refractivity contribution is 0.158. The summed E-state index contributed by atoms with van der Waals surface area (Å²) < 4.78 is 10.7. The first-order chi connectivity index (χ1) is 9.76. The molecule has 3 heteroatoms. The molecule has 0 saturated carbocycles. The van der Waals surface area contributed by atoms with Gasteiger partial charge in [-0.15, -0.1) is 0 Å². The first-order valence-corrected chi connectivity index (χ1v) is 7.00. The molecule has 20 heavy (non-hydrogen) atoms. The summed E-state index contributed by atoms with van der Waals surface area (Å²) >= 11 is 0. The van der Waals surface area contributed by atoms with Crippen LogP contribution in [0, 0.1) is 5.92 Å². The van der Waals surface area contributed by atoms with Crippen LogP contribution in [0.15, 0.2) is 36.4 Å². The molecule has 108 valence electrons. The van der Waals surface area contributed by atoms with Crippen LogP contribution in [0.5, 0.6) is 5.75 Å². The van der Waals surface area contributed by atoms with E-state index in [0.29, 0.717) is 5.92 Å². The molecular formula is C17H23NO2. The lowest BCUT2D eigenvalue weighted by Gasteiger charge is -2.15. The second-order valence-electron chi connectivity index (χ2n) is 5.16. The molecule has 1 N–H and O–H groups in total. The van der Waals surface area contributed by atoms with Crippen molar-refractivity contribution < 1.29 is 9.47 Å². The topological polar surface area (TPSA) is 30.5 Å². The molecule has 2 rings (SSSR count). The van der Waals surface area contributed by atoms with Crippen molar-refractivity contribution in [1.82, 2.24) is 5.32 Å². The van der Waals surface area contributed by atoms with E-state index in [9.17, 15) is 0 Å². The Morgan fingerprint density at radius 3 is 2.65 bits per heavy atom. The quantitative estimate of drug-likeness (QED) is 0.840. The van der Waals surface area contributed by atoms with Gasteiger partial charge in [-0.25, -0.2) is 0 Å². The number of methoxy groups -OCH3 is 2. The molecule has 3 nitrogen and oxygen atoms in total. The predicted octanol–water partition coefficient (Wildman–Crippen LogP) is 3.22. The molecule has 2 aromatic carbocycles. The predicted molar refractivity (Wildman–Crippen MR) is 83.2 cm³/mol. The Morgan fingerprint density at radius 2 is 1.90 bits per heavy atom. The third-order valence-corrected chi connectivity index (χ3v) is 3.46. The molecule has 1 unspecified atom stereocenters. The zero-order chi connectivity index (χ0) is 14.4. The zero-order valence-electron chi connectivity index (χ0n) is 12.5. The highest BCUT2D eigenvalue weighted by Crippen LogP contribution is 2.27. The fraction of sp³-hybridized carbons (Fsp3) is 0.412. The van der Waals surface area contributed by atoms with Gasteiger partial charge >= 0.3 is 0 Å². The highest BCUT2D eigenvalue weighted by Gasteiger charge is 2.08. The van der Waals surface area contributed by atoms with Crippen molar-refractivity contribution in [3.8, 4) is 5.75 Å². The van der Waals surface area contributed by atoms with E-state index in [1.54, 1.807) is 14.2 Å². The van der Waals surface area contributed by atoms with E-state index in [2.05, 4.69) is 42.6 Å². The molecule has 0 heterocycles. The maximum absolute atomic E-state index is 5.49. The van der Waals surface area contributed by atoms with Crippen molar-refractivity contribution >= 4 is 10.8 Å². The van der Waals surface area contributed by atoms with Gasteiger partial charge in [-0.05, 0) is 22.8 Å². The second kappa shape index (κ2) is 7.27. The van der Waals surface area contributed by atoms with E-state index < -0.39 is 0 Å². The zero-order valence-corrected chi connectivity index (χ0v) is 12.5. The maximum atomic E-state index is 5.49. The third kappa shape index (κ3) is 3.50. The maximum Gasteiger partial charge on any atom is 0.123 e. The summed E-state index contributed by atoms with van der Waals surface area (Å²) in [6.45, 7) is 4.69. The Morgan fingerprint density at radius 1 is 1.10 bits per heavy atom. The summed E-state index contributed by atoms with van der Waals surface area (Å²) in [5, 5.41) is 5.99. The van der Waals surface area contributed by atoms with E-state index in [-0.39, 0.29) is 0 Å². The van der Waals surface area contributed by atoms with Crippen molar-refractivity contribution in [3.05, 3.63) is 42.0 Å². The minimum atomic E-state index is 0.501. The second-order valence-corrected chi connectivity index (χ2v) is 5.16. The molecule has 0 spiro atoms. The molecule has 0 radical (unpaired) electrons. The van der Waals surface area contributed by atoms with E-state index >= 15 is 0 Å². The molecular weight excluding hydrogens is 250 g/mol. The average molecular weight is 273 g/mol. The van der Waals surface area contributed by atoms with Gasteiger partial charge < -0.3 is 14.8 Å². The third-order valence-electron chi connectivity index (χ3n) is 3.46. The van der Waals surface area contributed by atoms with Crippen LogP contribution in [0.1, 0.15) is 12.5 Å². The number of benzene rings is 2. The molecule has 0 saturated heterocycles. The van der Waals surface area contributed by atoms with Crippen LogP contribution in [0.2, 0.25) is 0 Å². The van der Waals surface area contributed by atoms with Crippen LogP contribution in [0.25, 0.3) is 10.8 Å². The molecule has 0 aliphatic carbocycles. The highest BCUT2D eigenvalue weighted by atomic mass is 16.5. The van der Waals surface area contributed by atoms with Gasteiger partial charge in [-0.3, -0.25) is 0 Å². The summed E-state index contributed by atoms with van der Waals surface area (Å²) in [7, 11) is 3.46. The van der Waals surface area contributed by atoms with Crippen molar-refractivity contribution in [2.24, 2.45) is 5.92 Å². The van der Waals surface area contributed by atoms with Crippen molar-refractivity contribution in [1.29, 1.82) is 0 Å². The largest absolute Gasteiger partial charge is 0.496 e. The molecule has 1 atom stereocenters. The lowest BCUT2D eigenvalue weighted by atomic mass is 10.0. The Kier molecular flexibility index (Phi) is 5.39. The average Bonchev–Trinajstić information content (AvgIpc) is 2.47. The van der Waals surface area contributed by atoms with Gasteiger partial charge in [0.15, 0.2) is 0 Å². The number of hydrogen-bond donors (Lipinski definition) is 1. The van der Waals surface area contributed by atoms with Crippen LogP contribution in [-0.2, 0) is 11.3 Å². The number of fused-ring (bicyclic) bond motifs is 1. The number of ether oxygens (including phenoxy) is 2. The van der Waals surface area contributed by atoms with Crippen LogP contribution in [-0.4, -0.2) is 27.4 Å². The Bertz CT molecular complexity index is 554. The van der Waals surface area contributed by atoms with E-state index in [1.807, 2.05) is 6.07 Å². The SMILES string of the molecule is COCC(C)CNCc1c(OC)ccc2ccccc12. The summed E-state index contributed by atoms with van der Waals surface area (Å²) in [5.41, 5.74) is 1.22. The molecule has 0 fully saturated rings. The van der Waals surface area contributed by atoms with Gasteiger partial charge in [-0.1, -0.05) is 37.3 Å². The molecule has 0 amide bonds. The molecule has 0 aliphatic rings. The Labute approximate surface area is 120 Å². The summed E-state index contributed by atoms with van der Waals surface area (Å²) in [6.07, 6.45) is 0. The fourth-order valence-corrected chi connectivity index (χ4v) is 2.48. The van der Waals surface area contributed by atoms with E-state index in [4.69, 9.17) is 9.47 Å². The molecule has 0 aromatic heterocycles. The number of hydrogen-bond acceptors (Lipinski definition) is 3. The van der Waals surface area contributed by atoms with Crippen molar-refractivity contribution in [3.63, 3.8) is 0 Å². The van der Waals surface area contributed by atoms with Crippen LogP contribution in [0.3, 0.4) is 0 Å². The van der Waals surface area contributed by atoms with Gasteiger partial charge in [-0.2, -0.15) is 0 Å². The lowest BCUT2D eigenvalue weighted by Crippen LogP contribution is -2.23. The number of nitrogens with one attached hydrogen (secondary N) is 1. The fourth-order valence-electron chi connectivity index (χ4n) is 2.48. The van der Waals surface area contributed by atoms with Gasteiger partial charge in [0.1, 0.15) is 5.75 Å². The van der Waals surface area contributed by atoms with Gasteiger partial charge in [0.2, 0.25) is 0 Å². The van der Waals surface area contributed by atoms with E-state index in [1.165, 1.54) is 16.3 Å². The number of rotatable bonds is 7. The highest BCUT2D eigenvalue weighted by molar-refractivity contribution is 5.87. The van der Waals surface area contributed by atoms with Crippen molar-refractivity contribution in [2.75, 3.05) is 27.4 Å². The normalized spacial score (nSPS) is 12.6. The molecule has 0 aliphatic heterocycles. The monoisotopic (exact) mass is 273 g/mol. The van der Waals surface area contributed by atoms with Crippen LogP contribution < -0.4 is 10.1 Å². The van der Waals surface area contributed by atoms with Gasteiger partial charge in [0.05, 0.1) is 7.11 Å². The summed E-state index contributed by atoms with van der Waals surface area (Å²) in [6, 6.07) is 12.5. The summed E-state index contributed by atoms with van der Waals surface area (Å²) in [5.74, 6) is 1.44. The summed E-state index contributed by atoms with van der Waals surface area (Å²) in [4.78, 5) is 0. The molecule has 2 aromatic rings. The van der Waals surface area contributed by atoms with Gasteiger partial charge in [0, 0.05) is 32.4 Å². The Hall–Kier alpha value is -1.58. The smallest absolute Gasteiger partial charge is 0.123 e. The van der Waals surface area contributed by atoms with E-state index in [0.717, 1.165) is 25.4 Å². The first kappa shape index (κ1) is 14.8. The van der Waals surface area contributed by atoms with Crippen LogP contribution >= 0.6 is 0 Å². The van der Waals surface area contributed by atoms with Gasteiger partial charge in [0.25, 0.3) is 0 Å². The Balaban J connectivity index is 2.15. The van der Waals surface area contributed by atoms with Crippen LogP contribution in [0.4, 0.5) is 0 Å². The first-order valence-electron chi connectivity index (χ1n) is 7.00. The standard InChI is InChI=1S/C17H23NO2/c1-13(12-19-2)10-18-11-16-15-7-5-4-6-14(15)8-9-17(16)20-3/h4-9,13,18H,10-12H2,1-3H3. The minimum Gasteiger partial charge on any atom is -0.496 e.